The fraction of sp³-hybridized carbons (Fsp3) is 0.458. The lowest BCUT2D eigenvalue weighted by Gasteiger charge is -2.27. The van der Waals surface area contributed by atoms with Crippen LogP contribution in [0.15, 0.2) is 47.4 Å². The minimum Gasteiger partial charge on any atom is -0.379 e. The Morgan fingerprint density at radius 3 is 2.44 bits per heavy atom. The Morgan fingerprint density at radius 1 is 1.06 bits per heavy atom. The zero-order valence-electron chi connectivity index (χ0n) is 19.1. The summed E-state index contributed by atoms with van der Waals surface area (Å²) >= 11 is 0. The molecular formula is C24H33N3O4S. The van der Waals surface area contributed by atoms with E-state index in [4.69, 9.17) is 4.74 Å². The second-order valence-corrected chi connectivity index (χ2v) is 10.1. The molecule has 0 aliphatic carbocycles. The molecular weight excluding hydrogens is 426 g/mol. The van der Waals surface area contributed by atoms with Gasteiger partial charge in [0.2, 0.25) is 5.91 Å². The molecule has 1 aliphatic heterocycles. The number of carbonyl (C=O) groups is 1. The fourth-order valence-corrected chi connectivity index (χ4v) is 5.16. The van der Waals surface area contributed by atoms with Gasteiger partial charge < -0.3 is 10.1 Å². The third-order valence-corrected chi connectivity index (χ3v) is 7.59. The molecule has 0 radical (unpaired) electrons. The van der Waals surface area contributed by atoms with Gasteiger partial charge in [0.25, 0.3) is 10.0 Å². The van der Waals surface area contributed by atoms with Crippen molar-refractivity contribution in [2.75, 3.05) is 50.2 Å². The largest absolute Gasteiger partial charge is 0.379 e. The number of hydrogen-bond donors (Lipinski definition) is 1. The van der Waals surface area contributed by atoms with Crippen LogP contribution in [-0.4, -0.2) is 65.2 Å². The third-order valence-electron chi connectivity index (χ3n) is 5.82. The number of benzene rings is 2. The van der Waals surface area contributed by atoms with Gasteiger partial charge in [-0.3, -0.25) is 14.0 Å². The molecule has 1 aliphatic rings. The Kier molecular flexibility index (Phi) is 8.28. The molecule has 1 fully saturated rings. The van der Waals surface area contributed by atoms with Gasteiger partial charge in [0, 0.05) is 19.6 Å². The van der Waals surface area contributed by atoms with Crippen LogP contribution in [0, 0.1) is 20.8 Å². The van der Waals surface area contributed by atoms with Crippen molar-refractivity contribution in [3.8, 4) is 0 Å². The van der Waals surface area contributed by atoms with Crippen molar-refractivity contribution in [3.63, 3.8) is 0 Å². The first-order valence-electron chi connectivity index (χ1n) is 11.0. The number of sulfonamides is 1. The maximum atomic E-state index is 13.5. The number of ether oxygens (including phenoxy) is 1. The standard InChI is InChI=1S/C24H33N3O4S/c1-19-8-10-22(11-9-19)32(29,30)27(23-7-4-6-20(2)21(23)3)18-24(28)25-12-5-13-26-14-16-31-17-15-26/h4,6-11H,5,12-18H2,1-3H3,(H,25,28). The van der Waals surface area contributed by atoms with Crippen molar-refractivity contribution in [2.24, 2.45) is 0 Å². The van der Waals surface area contributed by atoms with E-state index in [1.54, 1.807) is 30.3 Å². The molecule has 0 saturated carbocycles. The summed E-state index contributed by atoms with van der Waals surface area (Å²) < 4.78 is 33.6. The van der Waals surface area contributed by atoms with E-state index < -0.39 is 10.0 Å². The zero-order valence-corrected chi connectivity index (χ0v) is 20.0. The van der Waals surface area contributed by atoms with Gasteiger partial charge in [-0.15, -0.1) is 0 Å². The summed E-state index contributed by atoms with van der Waals surface area (Å²) in [6.45, 7) is 10.1. The highest BCUT2D eigenvalue weighted by Crippen LogP contribution is 2.28. The zero-order chi connectivity index (χ0) is 23.1. The second kappa shape index (κ2) is 10.9. The topological polar surface area (TPSA) is 79.0 Å². The summed E-state index contributed by atoms with van der Waals surface area (Å²) in [5, 5.41) is 2.89. The number of amides is 1. The molecule has 0 bridgehead atoms. The van der Waals surface area contributed by atoms with E-state index in [-0.39, 0.29) is 17.3 Å². The van der Waals surface area contributed by atoms with Crippen molar-refractivity contribution < 1.29 is 17.9 Å². The van der Waals surface area contributed by atoms with Crippen molar-refractivity contribution in [1.29, 1.82) is 0 Å². The number of rotatable bonds is 9. The first-order chi connectivity index (χ1) is 15.3. The molecule has 7 nitrogen and oxygen atoms in total. The smallest absolute Gasteiger partial charge is 0.264 e. The predicted molar refractivity (Wildman–Crippen MR) is 127 cm³/mol. The summed E-state index contributed by atoms with van der Waals surface area (Å²) in [6.07, 6.45) is 0.805. The number of hydrogen-bond acceptors (Lipinski definition) is 5. The summed E-state index contributed by atoms with van der Waals surface area (Å²) in [4.78, 5) is 15.2. The van der Waals surface area contributed by atoms with Crippen LogP contribution in [0.2, 0.25) is 0 Å². The minimum absolute atomic E-state index is 0.170. The fourth-order valence-electron chi connectivity index (χ4n) is 3.68. The molecule has 1 N–H and O–H groups in total. The van der Waals surface area contributed by atoms with Crippen LogP contribution in [0.3, 0.4) is 0 Å². The number of aryl methyl sites for hydroxylation is 2. The van der Waals surface area contributed by atoms with E-state index in [2.05, 4.69) is 10.2 Å². The van der Waals surface area contributed by atoms with E-state index in [9.17, 15) is 13.2 Å². The van der Waals surface area contributed by atoms with Gasteiger partial charge in [0.05, 0.1) is 23.8 Å². The lowest BCUT2D eigenvalue weighted by Crippen LogP contribution is -2.42. The van der Waals surface area contributed by atoms with Crippen LogP contribution >= 0.6 is 0 Å². The average molecular weight is 460 g/mol. The van der Waals surface area contributed by atoms with Crippen molar-refractivity contribution in [3.05, 3.63) is 59.2 Å². The monoisotopic (exact) mass is 459 g/mol. The molecule has 2 aromatic rings. The van der Waals surface area contributed by atoms with Crippen LogP contribution < -0.4 is 9.62 Å². The third kappa shape index (κ3) is 6.09. The quantitative estimate of drug-likeness (QED) is 0.584. The second-order valence-electron chi connectivity index (χ2n) is 8.20. The molecule has 1 amide bonds. The van der Waals surface area contributed by atoms with Gasteiger partial charge in [-0.05, 0) is 63.1 Å². The van der Waals surface area contributed by atoms with Crippen LogP contribution in [-0.2, 0) is 19.6 Å². The van der Waals surface area contributed by atoms with Crippen molar-refractivity contribution in [1.82, 2.24) is 10.2 Å². The van der Waals surface area contributed by atoms with Gasteiger partial charge >= 0.3 is 0 Å². The molecule has 8 heteroatoms. The molecule has 0 unspecified atom stereocenters. The molecule has 0 spiro atoms. The number of nitrogens with zero attached hydrogens (tertiary/aromatic N) is 2. The number of carbonyl (C=O) groups excluding carboxylic acids is 1. The van der Waals surface area contributed by atoms with Gasteiger partial charge in [-0.25, -0.2) is 8.42 Å². The van der Waals surface area contributed by atoms with Crippen LogP contribution in [0.4, 0.5) is 5.69 Å². The van der Waals surface area contributed by atoms with Crippen LogP contribution in [0.1, 0.15) is 23.1 Å². The Morgan fingerprint density at radius 2 is 1.75 bits per heavy atom. The van der Waals surface area contributed by atoms with E-state index in [0.717, 1.165) is 56.0 Å². The molecule has 0 aromatic heterocycles. The average Bonchev–Trinajstić information content (AvgIpc) is 2.78. The lowest BCUT2D eigenvalue weighted by atomic mass is 10.1. The first kappa shape index (κ1) is 24.2. The predicted octanol–water partition coefficient (Wildman–Crippen LogP) is 2.65. The summed E-state index contributed by atoms with van der Waals surface area (Å²) in [6, 6.07) is 12.2. The minimum atomic E-state index is -3.90. The Balaban J connectivity index is 1.73. The normalized spacial score (nSPS) is 14.8. The Hall–Kier alpha value is -2.42. The van der Waals surface area contributed by atoms with Crippen LogP contribution in [0.25, 0.3) is 0 Å². The number of morpholine rings is 1. The van der Waals surface area contributed by atoms with Gasteiger partial charge in [-0.1, -0.05) is 29.8 Å². The van der Waals surface area contributed by atoms with Gasteiger partial charge in [0.15, 0.2) is 0 Å². The Bertz CT molecular complexity index is 1020. The maximum absolute atomic E-state index is 13.5. The molecule has 2 aromatic carbocycles. The summed E-state index contributed by atoms with van der Waals surface area (Å²) in [5.74, 6) is -0.316. The highest BCUT2D eigenvalue weighted by atomic mass is 32.2. The van der Waals surface area contributed by atoms with E-state index in [1.807, 2.05) is 32.9 Å². The number of nitrogens with one attached hydrogen (secondary N) is 1. The van der Waals surface area contributed by atoms with Gasteiger partial charge in [0.1, 0.15) is 6.54 Å². The highest BCUT2D eigenvalue weighted by molar-refractivity contribution is 7.92. The van der Waals surface area contributed by atoms with E-state index >= 15 is 0 Å². The first-order valence-corrected chi connectivity index (χ1v) is 12.5. The highest BCUT2D eigenvalue weighted by Gasteiger charge is 2.28. The van der Waals surface area contributed by atoms with Crippen molar-refractivity contribution in [2.45, 2.75) is 32.1 Å². The molecule has 32 heavy (non-hydrogen) atoms. The van der Waals surface area contributed by atoms with Crippen LogP contribution in [0.5, 0.6) is 0 Å². The van der Waals surface area contributed by atoms with E-state index in [1.165, 1.54) is 4.31 Å². The SMILES string of the molecule is Cc1ccc(S(=O)(=O)N(CC(=O)NCCCN2CCOCC2)c2cccc(C)c2C)cc1. The molecule has 1 heterocycles. The maximum Gasteiger partial charge on any atom is 0.264 e. The molecule has 0 atom stereocenters. The summed E-state index contributed by atoms with van der Waals surface area (Å²) in [5.41, 5.74) is 3.30. The summed E-state index contributed by atoms with van der Waals surface area (Å²) in [7, 11) is -3.90. The van der Waals surface area contributed by atoms with Crippen molar-refractivity contribution >= 4 is 21.6 Å². The van der Waals surface area contributed by atoms with E-state index in [0.29, 0.717) is 12.2 Å². The number of anilines is 1. The van der Waals surface area contributed by atoms with Gasteiger partial charge in [-0.2, -0.15) is 0 Å². The lowest BCUT2D eigenvalue weighted by molar-refractivity contribution is -0.119. The molecule has 174 valence electrons. The Labute approximate surface area is 191 Å². The molecule has 1 saturated heterocycles. The molecule has 3 rings (SSSR count).